The fourth-order valence-electron chi connectivity index (χ4n) is 9.10. The van der Waals surface area contributed by atoms with Gasteiger partial charge in [0.25, 0.3) is 0 Å². The molecular weight excluding hydrogens is 1190 g/mol. The van der Waals surface area contributed by atoms with Gasteiger partial charge in [0.05, 0.1) is 0 Å². The molecule has 546 valence electrons. The Bertz CT molecular complexity index is 2830. The molecule has 0 heteroatoms. The summed E-state index contributed by atoms with van der Waals surface area (Å²) in [6.07, 6.45) is 23.9. The van der Waals surface area contributed by atoms with E-state index in [1.54, 1.807) is 0 Å². The maximum absolute atomic E-state index is 2.28. The maximum Gasteiger partial charge on any atom is -0.00258 e. The van der Waals surface area contributed by atoms with E-state index >= 15 is 0 Å². The third-order valence-corrected chi connectivity index (χ3v) is 14.1. The summed E-state index contributed by atoms with van der Waals surface area (Å²) in [7, 11) is 0. The Balaban J connectivity index is -0.00000120. The Morgan fingerprint density at radius 3 is 0.202 bits per heavy atom. The van der Waals surface area contributed by atoms with Crippen molar-refractivity contribution in [2.24, 2.45) is 0 Å². The highest BCUT2D eigenvalue weighted by atomic mass is 14.1. The zero-order valence-corrected chi connectivity index (χ0v) is 68.6. The third kappa shape index (κ3) is 50.9. The van der Waals surface area contributed by atoms with Gasteiger partial charge >= 0.3 is 0 Å². The van der Waals surface area contributed by atoms with Crippen LogP contribution in [0, 0.1) is 0 Å². The zero-order valence-electron chi connectivity index (χ0n) is 68.6. The van der Waals surface area contributed by atoms with Crippen molar-refractivity contribution >= 4 is 0 Å². The summed E-state index contributed by atoms with van der Waals surface area (Å²) in [5, 5.41) is 0. The first-order valence-corrected chi connectivity index (χ1v) is 39.7. The average molecular weight is 1340 g/mol. The molecule has 0 fully saturated rings. The smallest absolute Gasteiger partial charge is 0.00258 e. The van der Waals surface area contributed by atoms with Crippen molar-refractivity contribution in [1.29, 1.82) is 0 Å². The minimum atomic E-state index is 0.983. The highest BCUT2D eigenvalue weighted by Crippen LogP contribution is 2.20. The quantitative estimate of drug-likeness (QED) is 0.0803. The highest BCUT2D eigenvalue weighted by Gasteiger charge is 2.05. The molecule has 9 rings (SSSR count). The van der Waals surface area contributed by atoms with E-state index in [-0.39, 0.29) is 0 Å². The molecule has 0 bridgehead atoms. The van der Waals surface area contributed by atoms with Gasteiger partial charge in [0.1, 0.15) is 0 Å². The molecule has 0 saturated heterocycles. The van der Waals surface area contributed by atoms with E-state index in [2.05, 4.69) is 385 Å². The van der Waals surface area contributed by atoms with Crippen LogP contribution in [-0.2, 0) is 77.0 Å². The first kappa shape index (κ1) is 96.2. The second-order valence-corrected chi connectivity index (χ2v) is 25.9. The van der Waals surface area contributed by atoms with Crippen molar-refractivity contribution in [3.63, 3.8) is 0 Å². The summed E-state index contributed by atoms with van der Waals surface area (Å²) >= 11 is 0. The second-order valence-electron chi connectivity index (χ2n) is 25.9. The van der Waals surface area contributed by atoms with Crippen LogP contribution in [0.1, 0.15) is 324 Å². The van der Waals surface area contributed by atoms with Gasteiger partial charge in [-0.05, 0) is 177 Å². The van der Waals surface area contributed by atoms with Crippen molar-refractivity contribution in [2.45, 2.75) is 301 Å². The van der Waals surface area contributed by atoms with Crippen LogP contribution in [0.3, 0.4) is 0 Å². The molecule has 0 aliphatic rings. The monoisotopic (exact) mass is 1340 g/mol. The summed E-state index contributed by atoms with van der Waals surface area (Å²) < 4.78 is 0. The van der Waals surface area contributed by atoms with Crippen LogP contribution >= 0.6 is 0 Å². The molecular formula is C99H150. The molecule has 0 unspecified atom stereocenters. The fourth-order valence-corrected chi connectivity index (χ4v) is 9.10. The van der Waals surface area contributed by atoms with E-state index in [0.29, 0.717) is 0 Å². The first-order chi connectivity index (χ1) is 48.0. The number of benzene rings is 9. The lowest BCUT2D eigenvalue weighted by Crippen LogP contribution is -1.93. The zero-order chi connectivity index (χ0) is 74.7. The van der Waals surface area contributed by atoms with Gasteiger partial charge in [-0.3, -0.25) is 0 Å². The molecule has 0 aromatic heterocycles. The molecule has 0 atom stereocenters. The van der Waals surface area contributed by atoms with E-state index in [1.807, 2.05) is 0 Å². The van der Waals surface area contributed by atoms with Crippen molar-refractivity contribution in [3.05, 3.63) is 319 Å². The molecule has 0 amide bonds. The van der Waals surface area contributed by atoms with Crippen LogP contribution in [0.25, 0.3) is 0 Å². The molecule has 0 aliphatic heterocycles. The molecule has 0 nitrogen and oxygen atoms in total. The summed E-state index contributed by atoms with van der Waals surface area (Å²) in [6.45, 7) is 51.4. The standard InChI is InChI=1S/C31H32.C24H26.C17H20.9C3H8/c1-3-24-5-9-26(10-6-24)21-28-13-17-30(18-14-28)23-31-19-15-29(16-20-31)22-27-11-7-25(4-2)8-12-27;1-3-19-5-9-21(10-6-19)17-23-13-15-24(16-14-23)18-22-11-7-20(4-2)8-12-22;1-3-14-5-9-16(10-6-14)13-17-11-7-15(4-2)8-12-17;9*1-3-2/h5-20H,3-4,21-23H2,1-2H3;5-16H,3-4,17-18H2,1-2H3;5-12H,3-4,13H2,1-2H3;9*3H2,1-2H3. The van der Waals surface area contributed by atoms with E-state index < -0.39 is 0 Å². The molecule has 0 radical (unpaired) electrons. The number of hydrogen-bond acceptors (Lipinski definition) is 0. The first-order valence-electron chi connectivity index (χ1n) is 39.7. The van der Waals surface area contributed by atoms with E-state index in [1.165, 1.54) is 158 Å². The van der Waals surface area contributed by atoms with Gasteiger partial charge < -0.3 is 0 Å². The predicted molar refractivity (Wildman–Crippen MR) is 455 cm³/mol. The molecule has 0 saturated carbocycles. The SMILES string of the molecule is CCC.CCC.CCC.CCC.CCC.CCC.CCC.CCC.CCC.CCc1ccc(Cc2ccc(CC)cc2)cc1.CCc1ccc(Cc2ccc(Cc3ccc(CC)cc3)cc2)cc1.CCc1ccc(Cc2ccc(Cc3ccc(Cc4ccc(CC)cc4)cc3)cc2)cc1. The normalized spacial score (nSPS) is 9.45. The number of hydrogen-bond donors (Lipinski definition) is 0. The highest BCUT2D eigenvalue weighted by molar-refractivity contribution is 5.37. The lowest BCUT2D eigenvalue weighted by Gasteiger charge is -2.08. The van der Waals surface area contributed by atoms with Crippen molar-refractivity contribution < 1.29 is 0 Å². The van der Waals surface area contributed by atoms with E-state index in [9.17, 15) is 0 Å². The third-order valence-electron chi connectivity index (χ3n) is 14.1. The molecule has 0 spiro atoms. The summed E-state index contributed by atoms with van der Waals surface area (Å²) in [6, 6.07) is 81.1. The Morgan fingerprint density at radius 2 is 0.152 bits per heavy atom. The molecule has 0 heterocycles. The summed E-state index contributed by atoms with van der Waals surface area (Å²) in [5.41, 5.74) is 25.0. The summed E-state index contributed by atoms with van der Waals surface area (Å²) in [5.74, 6) is 0. The average Bonchev–Trinajstić information content (AvgIpc) is 0.917. The van der Waals surface area contributed by atoms with Crippen molar-refractivity contribution in [2.75, 3.05) is 0 Å². The Hall–Kier alpha value is -7.02. The maximum atomic E-state index is 2.28. The second kappa shape index (κ2) is 68.1. The van der Waals surface area contributed by atoms with E-state index in [0.717, 1.165) is 77.0 Å². The van der Waals surface area contributed by atoms with Gasteiger partial charge in [-0.15, -0.1) is 0 Å². The minimum absolute atomic E-state index is 0.983. The van der Waals surface area contributed by atoms with Crippen LogP contribution in [0.15, 0.2) is 218 Å². The van der Waals surface area contributed by atoms with E-state index in [4.69, 9.17) is 0 Å². The molecule has 9 aromatic carbocycles. The number of rotatable bonds is 18. The van der Waals surface area contributed by atoms with Crippen molar-refractivity contribution in [3.8, 4) is 0 Å². The Labute approximate surface area is 615 Å². The van der Waals surface area contributed by atoms with Gasteiger partial charge in [-0.25, -0.2) is 0 Å². The molecule has 9 aromatic rings. The van der Waals surface area contributed by atoms with Crippen LogP contribution in [0.5, 0.6) is 0 Å². The van der Waals surface area contributed by atoms with Gasteiger partial charge in [-0.2, -0.15) is 0 Å². The van der Waals surface area contributed by atoms with Crippen LogP contribution in [-0.4, -0.2) is 0 Å². The Morgan fingerprint density at radius 1 is 0.101 bits per heavy atom. The van der Waals surface area contributed by atoms with Crippen LogP contribution < -0.4 is 0 Å². The molecule has 99 heavy (non-hydrogen) atoms. The lowest BCUT2D eigenvalue weighted by atomic mass is 9.98. The predicted octanol–water partition coefficient (Wildman–Crippen LogP) is 30.7. The van der Waals surface area contributed by atoms with Gasteiger partial charge in [-0.1, -0.05) is 442 Å². The van der Waals surface area contributed by atoms with Gasteiger partial charge in [0.2, 0.25) is 0 Å². The van der Waals surface area contributed by atoms with Crippen LogP contribution in [0.2, 0.25) is 0 Å². The van der Waals surface area contributed by atoms with Crippen molar-refractivity contribution in [1.82, 2.24) is 0 Å². The van der Waals surface area contributed by atoms with Gasteiger partial charge in [0.15, 0.2) is 0 Å². The largest absolute Gasteiger partial charge is 0.0656 e. The number of aryl methyl sites for hydroxylation is 6. The van der Waals surface area contributed by atoms with Crippen LogP contribution in [0.4, 0.5) is 0 Å². The fraction of sp³-hybridized carbons (Fsp3) is 0.455. The Kier molecular flexibility index (Phi) is 66.2. The minimum Gasteiger partial charge on any atom is -0.0656 e. The topological polar surface area (TPSA) is 0 Å². The lowest BCUT2D eigenvalue weighted by molar-refractivity contribution is 1.09. The molecule has 0 N–H and O–H groups in total. The molecule has 0 aliphatic carbocycles. The van der Waals surface area contributed by atoms with Gasteiger partial charge in [0, 0.05) is 0 Å². The summed E-state index contributed by atoms with van der Waals surface area (Å²) in [4.78, 5) is 0.